The summed E-state index contributed by atoms with van der Waals surface area (Å²) in [5, 5.41) is 0. The van der Waals surface area contributed by atoms with E-state index in [1.807, 2.05) is 34.6 Å². The number of rotatable bonds is 1. The van der Waals surface area contributed by atoms with Crippen LogP contribution in [-0.4, -0.2) is 63.0 Å². The maximum Gasteiger partial charge on any atom is 0.410 e. The molecule has 0 bridgehead atoms. The van der Waals surface area contributed by atoms with E-state index in [4.69, 9.17) is 4.74 Å². The summed E-state index contributed by atoms with van der Waals surface area (Å²) in [4.78, 5) is 36.2. The van der Waals surface area contributed by atoms with Crippen LogP contribution in [0.4, 0.5) is 4.79 Å². The number of amides is 2. The van der Waals surface area contributed by atoms with Crippen LogP contribution < -0.4 is 0 Å². The van der Waals surface area contributed by atoms with Crippen molar-refractivity contribution in [1.29, 1.82) is 0 Å². The first kappa shape index (κ1) is 17.2. The van der Waals surface area contributed by atoms with E-state index in [0.29, 0.717) is 25.3 Å². The first-order chi connectivity index (χ1) is 10.7. The summed E-state index contributed by atoms with van der Waals surface area (Å²) in [7, 11) is 0. The monoisotopic (exact) mass is 320 g/mol. The van der Waals surface area contributed by atoms with Gasteiger partial charge < -0.3 is 14.5 Å². The average molecular weight is 320 g/mol. The highest BCUT2D eigenvalue weighted by molar-refractivity contribution is 5.92. The molecule has 7 heteroatoms. The molecule has 126 valence electrons. The zero-order valence-corrected chi connectivity index (χ0v) is 14.4. The van der Waals surface area contributed by atoms with Crippen LogP contribution in [0.3, 0.4) is 0 Å². The van der Waals surface area contributed by atoms with Gasteiger partial charge in [-0.05, 0) is 34.6 Å². The molecule has 0 N–H and O–H groups in total. The molecule has 1 aromatic rings. The molecule has 0 unspecified atom stereocenters. The van der Waals surface area contributed by atoms with E-state index in [9.17, 15) is 9.59 Å². The van der Waals surface area contributed by atoms with Crippen LogP contribution in [0.2, 0.25) is 0 Å². The fraction of sp³-hybridized carbons (Fsp3) is 0.625. The molecule has 2 amide bonds. The minimum Gasteiger partial charge on any atom is -0.444 e. The van der Waals surface area contributed by atoms with E-state index >= 15 is 0 Å². The van der Waals surface area contributed by atoms with Gasteiger partial charge in [-0.3, -0.25) is 9.78 Å². The fourth-order valence-corrected chi connectivity index (χ4v) is 2.40. The van der Waals surface area contributed by atoms with Gasteiger partial charge in [0.25, 0.3) is 5.91 Å². The van der Waals surface area contributed by atoms with E-state index in [-0.39, 0.29) is 18.0 Å². The van der Waals surface area contributed by atoms with Crippen molar-refractivity contribution < 1.29 is 14.3 Å². The van der Waals surface area contributed by atoms with E-state index in [0.717, 1.165) is 5.69 Å². The lowest BCUT2D eigenvalue weighted by Gasteiger charge is -2.40. The average Bonchev–Trinajstić information content (AvgIpc) is 2.45. The quantitative estimate of drug-likeness (QED) is 0.789. The lowest BCUT2D eigenvalue weighted by atomic mass is 10.2. The van der Waals surface area contributed by atoms with Crippen LogP contribution in [-0.2, 0) is 4.74 Å². The summed E-state index contributed by atoms with van der Waals surface area (Å²) in [6, 6.07) is -0.110. The molecular formula is C16H24N4O3. The fourth-order valence-electron chi connectivity index (χ4n) is 2.40. The standard InChI is InChI=1S/C16H24N4O3/c1-11-8-18-13(9-17-11)14(21)19-6-7-20(12(2)10-19)15(22)23-16(3,4)5/h8-9,12H,6-7,10H2,1-5H3/t12-/m1/s1. The molecule has 1 aliphatic heterocycles. The van der Waals surface area contributed by atoms with Gasteiger partial charge in [-0.2, -0.15) is 0 Å². The first-order valence-electron chi connectivity index (χ1n) is 7.75. The summed E-state index contributed by atoms with van der Waals surface area (Å²) in [5.74, 6) is -0.159. The Kier molecular flexibility index (Phi) is 4.87. The molecule has 2 rings (SSSR count). The predicted molar refractivity (Wildman–Crippen MR) is 85.1 cm³/mol. The summed E-state index contributed by atoms with van der Waals surface area (Å²) in [6.07, 6.45) is 2.73. The van der Waals surface area contributed by atoms with Crippen molar-refractivity contribution in [3.63, 3.8) is 0 Å². The number of ether oxygens (including phenoxy) is 1. The van der Waals surface area contributed by atoms with Gasteiger partial charge in [0.1, 0.15) is 11.3 Å². The van der Waals surface area contributed by atoms with Gasteiger partial charge in [0.2, 0.25) is 0 Å². The van der Waals surface area contributed by atoms with Crippen LogP contribution >= 0.6 is 0 Å². The molecule has 1 atom stereocenters. The minimum atomic E-state index is -0.527. The van der Waals surface area contributed by atoms with E-state index in [1.54, 1.807) is 16.0 Å². The van der Waals surface area contributed by atoms with Crippen molar-refractivity contribution in [2.24, 2.45) is 0 Å². The zero-order valence-electron chi connectivity index (χ0n) is 14.4. The number of carbonyl (C=O) groups is 2. The van der Waals surface area contributed by atoms with Crippen LogP contribution in [0.15, 0.2) is 12.4 Å². The van der Waals surface area contributed by atoms with Crippen molar-refractivity contribution in [3.8, 4) is 0 Å². The third-order valence-electron chi connectivity index (χ3n) is 3.54. The number of aromatic nitrogens is 2. The second kappa shape index (κ2) is 6.52. The number of hydrogen-bond donors (Lipinski definition) is 0. The Bertz CT molecular complexity index is 580. The summed E-state index contributed by atoms with van der Waals surface area (Å²) < 4.78 is 5.40. The summed E-state index contributed by atoms with van der Waals surface area (Å²) in [6.45, 7) is 10.6. The van der Waals surface area contributed by atoms with Gasteiger partial charge in [0.05, 0.1) is 11.9 Å². The summed E-state index contributed by atoms with van der Waals surface area (Å²) in [5.41, 5.74) is 0.569. The van der Waals surface area contributed by atoms with E-state index in [2.05, 4.69) is 9.97 Å². The normalized spacial score (nSPS) is 18.7. The predicted octanol–water partition coefficient (Wildman–Crippen LogP) is 1.87. The van der Waals surface area contributed by atoms with Crippen LogP contribution in [0.25, 0.3) is 0 Å². The Morgan fingerprint density at radius 1 is 1.22 bits per heavy atom. The second-order valence-corrected chi connectivity index (χ2v) is 6.82. The number of piperazine rings is 1. The Balaban J connectivity index is 1.99. The molecular weight excluding hydrogens is 296 g/mol. The van der Waals surface area contributed by atoms with Gasteiger partial charge in [0, 0.05) is 31.9 Å². The Hall–Kier alpha value is -2.18. The van der Waals surface area contributed by atoms with Crippen molar-refractivity contribution in [2.75, 3.05) is 19.6 Å². The third kappa shape index (κ3) is 4.40. The maximum atomic E-state index is 12.5. The lowest BCUT2D eigenvalue weighted by Crippen LogP contribution is -2.56. The molecule has 23 heavy (non-hydrogen) atoms. The number of nitrogens with zero attached hydrogens (tertiary/aromatic N) is 4. The molecule has 0 saturated carbocycles. The Labute approximate surface area is 136 Å². The third-order valence-corrected chi connectivity index (χ3v) is 3.54. The highest BCUT2D eigenvalue weighted by Gasteiger charge is 2.33. The Morgan fingerprint density at radius 2 is 1.91 bits per heavy atom. The van der Waals surface area contributed by atoms with Crippen molar-refractivity contribution in [2.45, 2.75) is 46.3 Å². The van der Waals surface area contributed by atoms with Crippen LogP contribution in [0.1, 0.15) is 43.9 Å². The lowest BCUT2D eigenvalue weighted by molar-refractivity contribution is 0.00189. The molecule has 0 spiro atoms. The topological polar surface area (TPSA) is 75.6 Å². The van der Waals surface area contributed by atoms with E-state index in [1.165, 1.54) is 6.20 Å². The van der Waals surface area contributed by atoms with Crippen LogP contribution in [0.5, 0.6) is 0 Å². The Morgan fingerprint density at radius 3 is 2.43 bits per heavy atom. The molecule has 0 aromatic carbocycles. The maximum absolute atomic E-state index is 12.5. The molecule has 0 aliphatic carbocycles. The number of aryl methyl sites for hydroxylation is 1. The molecule has 1 saturated heterocycles. The van der Waals surface area contributed by atoms with Gasteiger partial charge in [-0.15, -0.1) is 0 Å². The van der Waals surface area contributed by atoms with Crippen molar-refractivity contribution in [1.82, 2.24) is 19.8 Å². The number of hydrogen-bond acceptors (Lipinski definition) is 5. The number of carbonyl (C=O) groups excluding carboxylic acids is 2. The van der Waals surface area contributed by atoms with Gasteiger partial charge in [-0.1, -0.05) is 0 Å². The van der Waals surface area contributed by atoms with Gasteiger partial charge in [0.15, 0.2) is 0 Å². The van der Waals surface area contributed by atoms with E-state index < -0.39 is 5.60 Å². The molecule has 1 fully saturated rings. The van der Waals surface area contributed by atoms with Crippen molar-refractivity contribution >= 4 is 12.0 Å². The molecule has 7 nitrogen and oxygen atoms in total. The van der Waals surface area contributed by atoms with Gasteiger partial charge in [-0.25, -0.2) is 9.78 Å². The van der Waals surface area contributed by atoms with Gasteiger partial charge >= 0.3 is 6.09 Å². The highest BCUT2D eigenvalue weighted by Crippen LogP contribution is 2.16. The largest absolute Gasteiger partial charge is 0.444 e. The first-order valence-corrected chi connectivity index (χ1v) is 7.75. The van der Waals surface area contributed by atoms with Crippen LogP contribution in [0, 0.1) is 6.92 Å². The smallest absolute Gasteiger partial charge is 0.410 e. The molecule has 2 heterocycles. The second-order valence-electron chi connectivity index (χ2n) is 6.82. The summed E-state index contributed by atoms with van der Waals surface area (Å²) >= 11 is 0. The SMILES string of the molecule is Cc1cnc(C(=O)N2CCN(C(=O)OC(C)(C)C)[C@H](C)C2)cn1. The molecule has 1 aliphatic rings. The zero-order chi connectivity index (χ0) is 17.2. The molecule has 1 aromatic heterocycles. The molecule has 0 radical (unpaired) electrons. The minimum absolute atomic E-state index is 0.110. The highest BCUT2D eigenvalue weighted by atomic mass is 16.6. The van der Waals surface area contributed by atoms with Crippen molar-refractivity contribution in [3.05, 3.63) is 23.8 Å².